The Balaban J connectivity index is 1.50. The molecule has 0 bridgehead atoms. The van der Waals surface area contributed by atoms with Gasteiger partial charge in [0, 0.05) is 28.8 Å². The van der Waals surface area contributed by atoms with Crippen molar-refractivity contribution in [3.8, 4) is 0 Å². The van der Waals surface area contributed by atoms with Crippen molar-refractivity contribution in [3.05, 3.63) is 65.6 Å². The minimum atomic E-state index is -0.317. The van der Waals surface area contributed by atoms with Gasteiger partial charge in [0.05, 0.1) is 18.0 Å². The monoisotopic (exact) mass is 333 g/mol. The van der Waals surface area contributed by atoms with E-state index in [1.165, 1.54) is 10.9 Å². The molecule has 6 heteroatoms. The van der Waals surface area contributed by atoms with E-state index in [2.05, 4.69) is 44.9 Å². The lowest BCUT2D eigenvalue weighted by Gasteiger charge is -2.27. The van der Waals surface area contributed by atoms with E-state index in [-0.39, 0.29) is 18.0 Å². The molecule has 3 heterocycles. The standard InChI is InChI=1S/C19H19N5O/c1-12-18-15(14-7-2-3-8-16(14)23-18)10-17(22-12)19(25)24-21-11-13-6-4-5-9-20-13/h2-9,11-12,17,22-23H,10H2,1H3,(H,24,25)/b21-11+. The van der Waals surface area contributed by atoms with Gasteiger partial charge in [-0.3, -0.25) is 15.1 Å². The van der Waals surface area contributed by atoms with Crippen molar-refractivity contribution >= 4 is 23.0 Å². The number of nitrogens with one attached hydrogen (secondary N) is 3. The molecule has 0 aliphatic carbocycles. The van der Waals surface area contributed by atoms with Crippen LogP contribution in [0, 0.1) is 0 Å². The summed E-state index contributed by atoms with van der Waals surface area (Å²) in [5, 5.41) is 8.54. The van der Waals surface area contributed by atoms with Gasteiger partial charge in [0.2, 0.25) is 0 Å². The third-order valence-electron chi connectivity index (χ3n) is 4.51. The molecule has 3 N–H and O–H groups in total. The van der Waals surface area contributed by atoms with Crippen LogP contribution in [0.25, 0.3) is 10.9 Å². The number of aromatic nitrogens is 2. The Morgan fingerprint density at radius 3 is 2.96 bits per heavy atom. The van der Waals surface area contributed by atoms with Gasteiger partial charge in [-0.05, 0) is 37.1 Å². The molecule has 3 aromatic rings. The van der Waals surface area contributed by atoms with Gasteiger partial charge in [0.1, 0.15) is 0 Å². The summed E-state index contributed by atoms with van der Waals surface area (Å²) in [5.74, 6) is -0.144. The number of H-pyrrole nitrogens is 1. The molecule has 2 aromatic heterocycles. The van der Waals surface area contributed by atoms with Crippen LogP contribution >= 0.6 is 0 Å². The first kappa shape index (κ1) is 15.5. The molecular weight excluding hydrogens is 314 g/mol. The number of rotatable bonds is 3. The van der Waals surface area contributed by atoms with Crippen molar-refractivity contribution in [2.24, 2.45) is 5.10 Å². The molecule has 0 saturated heterocycles. The number of hydrazone groups is 1. The predicted octanol–water partition coefficient (Wildman–Crippen LogP) is 2.29. The van der Waals surface area contributed by atoms with Crippen LogP contribution in [0.4, 0.5) is 0 Å². The molecule has 25 heavy (non-hydrogen) atoms. The van der Waals surface area contributed by atoms with Crippen molar-refractivity contribution in [1.29, 1.82) is 0 Å². The zero-order valence-corrected chi connectivity index (χ0v) is 13.9. The number of para-hydroxylation sites is 1. The SMILES string of the molecule is CC1NC(C(=O)N/N=C/c2ccccn2)Cc2c1[nH]c1ccccc21. The van der Waals surface area contributed by atoms with Crippen LogP contribution in [0.2, 0.25) is 0 Å². The first-order valence-corrected chi connectivity index (χ1v) is 8.32. The van der Waals surface area contributed by atoms with Crippen LogP contribution in [-0.4, -0.2) is 28.1 Å². The van der Waals surface area contributed by atoms with Crippen molar-refractivity contribution in [1.82, 2.24) is 20.7 Å². The minimum absolute atomic E-state index is 0.0756. The number of nitrogens with zero attached hydrogens (tertiary/aromatic N) is 2. The number of carbonyl (C=O) groups excluding carboxylic acids is 1. The average molecular weight is 333 g/mol. The maximum Gasteiger partial charge on any atom is 0.257 e. The third-order valence-corrected chi connectivity index (χ3v) is 4.51. The highest BCUT2D eigenvalue weighted by Crippen LogP contribution is 2.31. The van der Waals surface area contributed by atoms with E-state index < -0.39 is 0 Å². The first-order valence-electron chi connectivity index (χ1n) is 8.32. The zero-order chi connectivity index (χ0) is 17.2. The van der Waals surface area contributed by atoms with Gasteiger partial charge >= 0.3 is 0 Å². The topological polar surface area (TPSA) is 82.2 Å². The number of aromatic amines is 1. The zero-order valence-electron chi connectivity index (χ0n) is 13.9. The Bertz CT molecular complexity index is 931. The van der Waals surface area contributed by atoms with Gasteiger partial charge in [0.15, 0.2) is 0 Å². The van der Waals surface area contributed by atoms with Crippen molar-refractivity contribution in [2.45, 2.75) is 25.4 Å². The Kier molecular flexibility index (Phi) is 4.03. The molecule has 2 unspecified atom stereocenters. The Morgan fingerprint density at radius 1 is 1.28 bits per heavy atom. The number of benzene rings is 1. The van der Waals surface area contributed by atoms with Gasteiger partial charge < -0.3 is 4.98 Å². The minimum Gasteiger partial charge on any atom is -0.357 e. The Labute approximate surface area is 145 Å². The summed E-state index contributed by atoms with van der Waals surface area (Å²) in [6.07, 6.45) is 3.86. The van der Waals surface area contributed by atoms with E-state index in [9.17, 15) is 4.79 Å². The molecule has 1 aliphatic rings. The third kappa shape index (κ3) is 3.04. The Hall–Kier alpha value is -2.99. The molecule has 4 rings (SSSR count). The number of hydrogen-bond donors (Lipinski definition) is 3. The van der Waals surface area contributed by atoms with Crippen LogP contribution < -0.4 is 10.7 Å². The van der Waals surface area contributed by atoms with Gasteiger partial charge in [-0.25, -0.2) is 5.43 Å². The summed E-state index contributed by atoms with van der Waals surface area (Å²) in [5.41, 5.74) is 6.78. The number of amides is 1. The van der Waals surface area contributed by atoms with Gasteiger partial charge in [-0.15, -0.1) is 0 Å². The van der Waals surface area contributed by atoms with Gasteiger partial charge in [-0.1, -0.05) is 24.3 Å². The number of pyridine rings is 1. The van der Waals surface area contributed by atoms with Crippen LogP contribution in [0.1, 0.15) is 29.9 Å². The Morgan fingerprint density at radius 2 is 2.12 bits per heavy atom. The lowest BCUT2D eigenvalue weighted by molar-refractivity contribution is -0.123. The van der Waals surface area contributed by atoms with Gasteiger partial charge in [-0.2, -0.15) is 5.10 Å². The first-order chi connectivity index (χ1) is 12.2. The summed E-state index contributed by atoms with van der Waals surface area (Å²) in [4.78, 5) is 20.1. The fourth-order valence-electron chi connectivity index (χ4n) is 3.32. The molecule has 0 fully saturated rings. The molecule has 0 spiro atoms. The van der Waals surface area contributed by atoms with E-state index in [0.29, 0.717) is 12.1 Å². The summed E-state index contributed by atoms with van der Waals surface area (Å²) in [6.45, 7) is 2.06. The second kappa shape index (κ2) is 6.49. The molecule has 1 amide bonds. The molecule has 6 nitrogen and oxygen atoms in total. The predicted molar refractivity (Wildman–Crippen MR) is 97.3 cm³/mol. The highest BCUT2D eigenvalue weighted by molar-refractivity contribution is 5.89. The summed E-state index contributed by atoms with van der Waals surface area (Å²) in [6, 6.07) is 13.5. The highest BCUT2D eigenvalue weighted by Gasteiger charge is 2.30. The average Bonchev–Trinajstić information content (AvgIpc) is 3.02. The lowest BCUT2D eigenvalue weighted by Crippen LogP contribution is -2.47. The highest BCUT2D eigenvalue weighted by atomic mass is 16.2. The molecule has 0 radical (unpaired) electrons. The van der Waals surface area contributed by atoms with E-state index in [1.54, 1.807) is 12.4 Å². The number of carbonyl (C=O) groups is 1. The fraction of sp³-hybridized carbons (Fsp3) is 0.211. The quantitative estimate of drug-likeness (QED) is 0.508. The van der Waals surface area contributed by atoms with Crippen molar-refractivity contribution in [3.63, 3.8) is 0 Å². The second-order valence-electron chi connectivity index (χ2n) is 6.20. The molecule has 0 saturated carbocycles. The van der Waals surface area contributed by atoms with Crippen LogP contribution in [0.15, 0.2) is 53.8 Å². The lowest BCUT2D eigenvalue weighted by atomic mass is 9.94. The van der Waals surface area contributed by atoms with Crippen LogP contribution in [0.5, 0.6) is 0 Å². The molecule has 1 aliphatic heterocycles. The van der Waals surface area contributed by atoms with Gasteiger partial charge in [0.25, 0.3) is 5.91 Å². The maximum absolute atomic E-state index is 12.5. The van der Waals surface area contributed by atoms with Crippen molar-refractivity contribution in [2.75, 3.05) is 0 Å². The van der Waals surface area contributed by atoms with Crippen LogP contribution in [-0.2, 0) is 11.2 Å². The van der Waals surface area contributed by atoms with Crippen LogP contribution in [0.3, 0.4) is 0 Å². The molecule has 1 aromatic carbocycles. The number of fused-ring (bicyclic) bond motifs is 3. The fourth-order valence-corrected chi connectivity index (χ4v) is 3.32. The van der Waals surface area contributed by atoms with E-state index in [1.807, 2.05) is 30.3 Å². The second-order valence-corrected chi connectivity index (χ2v) is 6.20. The largest absolute Gasteiger partial charge is 0.357 e. The number of hydrogen-bond acceptors (Lipinski definition) is 4. The smallest absolute Gasteiger partial charge is 0.257 e. The summed E-state index contributed by atoms with van der Waals surface area (Å²) < 4.78 is 0. The molecule has 126 valence electrons. The summed E-state index contributed by atoms with van der Waals surface area (Å²) >= 11 is 0. The van der Waals surface area contributed by atoms with E-state index in [4.69, 9.17) is 0 Å². The normalized spacial score (nSPS) is 19.9. The molecule has 2 atom stereocenters. The maximum atomic E-state index is 12.5. The van der Waals surface area contributed by atoms with E-state index in [0.717, 1.165) is 11.2 Å². The van der Waals surface area contributed by atoms with Crippen molar-refractivity contribution < 1.29 is 4.79 Å². The summed E-state index contributed by atoms with van der Waals surface area (Å²) in [7, 11) is 0. The molecular formula is C19H19N5O. The van der Waals surface area contributed by atoms with E-state index >= 15 is 0 Å².